The first-order valence-electron chi connectivity index (χ1n) is 5.82. The minimum atomic E-state index is -0.426. The van der Waals surface area contributed by atoms with E-state index in [9.17, 15) is 0 Å². The van der Waals surface area contributed by atoms with Crippen LogP contribution in [0, 0.1) is 0 Å². The maximum absolute atomic E-state index is 6.22. The van der Waals surface area contributed by atoms with Crippen molar-refractivity contribution in [1.82, 2.24) is 15.0 Å². The molecule has 0 saturated carbocycles. The van der Waals surface area contributed by atoms with Gasteiger partial charge in [0, 0.05) is 18.6 Å². The number of aryl methyl sites for hydroxylation is 1. The van der Waals surface area contributed by atoms with Gasteiger partial charge in [-0.1, -0.05) is 13.0 Å². The monoisotopic (exact) mass is 244 g/mol. The molecule has 2 N–H and O–H groups in total. The number of rotatable bonds is 4. The zero-order chi connectivity index (χ0) is 13.0. The fourth-order valence-electron chi connectivity index (χ4n) is 1.87. The zero-order valence-corrected chi connectivity index (χ0v) is 10.5. The summed E-state index contributed by atoms with van der Waals surface area (Å²) in [5.41, 5.74) is 8.76. The van der Waals surface area contributed by atoms with E-state index < -0.39 is 6.04 Å². The number of pyridine rings is 1. The summed E-state index contributed by atoms with van der Waals surface area (Å²) in [5, 5.41) is 0. The summed E-state index contributed by atoms with van der Waals surface area (Å²) in [4.78, 5) is 12.7. The molecule has 2 heterocycles. The van der Waals surface area contributed by atoms with Gasteiger partial charge in [-0.25, -0.2) is 4.98 Å². The molecule has 0 aliphatic heterocycles. The van der Waals surface area contributed by atoms with Gasteiger partial charge in [0.25, 0.3) is 0 Å². The van der Waals surface area contributed by atoms with Crippen molar-refractivity contribution in [2.45, 2.75) is 19.4 Å². The molecule has 18 heavy (non-hydrogen) atoms. The Kier molecular flexibility index (Phi) is 3.84. The summed E-state index contributed by atoms with van der Waals surface area (Å²) in [7, 11) is 1.55. The lowest BCUT2D eigenvalue weighted by atomic mass is 10.0. The summed E-state index contributed by atoms with van der Waals surface area (Å²) in [6.45, 7) is 2.07. The molecule has 2 rings (SSSR count). The fraction of sp³-hybridized carbons (Fsp3) is 0.308. The zero-order valence-electron chi connectivity index (χ0n) is 10.5. The predicted molar refractivity (Wildman–Crippen MR) is 68.2 cm³/mol. The van der Waals surface area contributed by atoms with E-state index in [4.69, 9.17) is 10.5 Å². The Hall–Kier alpha value is -2.01. The van der Waals surface area contributed by atoms with Crippen LogP contribution in [0.5, 0.6) is 5.88 Å². The van der Waals surface area contributed by atoms with E-state index in [1.54, 1.807) is 25.7 Å². The second-order valence-corrected chi connectivity index (χ2v) is 3.83. The highest BCUT2D eigenvalue weighted by Gasteiger charge is 2.19. The Morgan fingerprint density at radius 2 is 1.89 bits per heavy atom. The van der Waals surface area contributed by atoms with Gasteiger partial charge < -0.3 is 10.5 Å². The Morgan fingerprint density at radius 3 is 2.61 bits per heavy atom. The van der Waals surface area contributed by atoms with Crippen molar-refractivity contribution in [3.05, 3.63) is 47.7 Å². The number of nitrogens with zero attached hydrogens (tertiary/aromatic N) is 3. The number of hydrogen-bond donors (Lipinski definition) is 1. The van der Waals surface area contributed by atoms with Crippen LogP contribution in [0.3, 0.4) is 0 Å². The van der Waals surface area contributed by atoms with Crippen molar-refractivity contribution >= 4 is 0 Å². The molecular weight excluding hydrogens is 228 g/mol. The lowest BCUT2D eigenvalue weighted by molar-refractivity contribution is 0.386. The maximum atomic E-state index is 6.22. The smallest absolute Gasteiger partial charge is 0.237 e. The first-order chi connectivity index (χ1) is 8.77. The van der Waals surface area contributed by atoms with E-state index in [1.165, 1.54) is 0 Å². The van der Waals surface area contributed by atoms with Crippen LogP contribution < -0.4 is 10.5 Å². The van der Waals surface area contributed by atoms with Crippen molar-refractivity contribution < 1.29 is 4.74 Å². The molecule has 0 aromatic carbocycles. The van der Waals surface area contributed by atoms with Crippen LogP contribution >= 0.6 is 0 Å². The lowest BCUT2D eigenvalue weighted by Crippen LogP contribution is -2.18. The fourth-order valence-corrected chi connectivity index (χ4v) is 1.87. The Bertz CT molecular complexity index is 482. The van der Waals surface area contributed by atoms with Crippen LogP contribution in [0.4, 0.5) is 0 Å². The molecule has 0 saturated heterocycles. The minimum absolute atomic E-state index is 0.426. The van der Waals surface area contributed by atoms with E-state index >= 15 is 0 Å². The Balaban J connectivity index is 2.44. The molecular formula is C13H16N4O. The van der Waals surface area contributed by atoms with Crippen LogP contribution in [0.1, 0.15) is 29.9 Å². The normalized spacial score (nSPS) is 12.2. The van der Waals surface area contributed by atoms with Crippen molar-refractivity contribution in [2.75, 3.05) is 7.11 Å². The van der Waals surface area contributed by atoms with Crippen molar-refractivity contribution in [1.29, 1.82) is 0 Å². The lowest BCUT2D eigenvalue weighted by Gasteiger charge is -2.15. The van der Waals surface area contributed by atoms with Crippen LogP contribution in [0.15, 0.2) is 30.7 Å². The average molecular weight is 244 g/mol. The van der Waals surface area contributed by atoms with E-state index in [0.29, 0.717) is 11.6 Å². The van der Waals surface area contributed by atoms with E-state index in [1.807, 2.05) is 12.1 Å². The molecule has 5 nitrogen and oxygen atoms in total. The second-order valence-electron chi connectivity index (χ2n) is 3.83. The van der Waals surface area contributed by atoms with Gasteiger partial charge in [0.05, 0.1) is 18.8 Å². The summed E-state index contributed by atoms with van der Waals surface area (Å²) in [5.74, 6) is 0.442. The summed E-state index contributed by atoms with van der Waals surface area (Å²) in [6, 6.07) is 3.50. The van der Waals surface area contributed by atoms with Crippen molar-refractivity contribution in [3.63, 3.8) is 0 Å². The van der Waals surface area contributed by atoms with E-state index in [2.05, 4.69) is 21.9 Å². The maximum Gasteiger partial charge on any atom is 0.237 e. The molecule has 0 spiro atoms. The van der Waals surface area contributed by atoms with Crippen LogP contribution in [0.2, 0.25) is 0 Å². The predicted octanol–water partition coefficient (Wildman–Crippen LogP) is 1.49. The Morgan fingerprint density at radius 1 is 1.17 bits per heavy atom. The van der Waals surface area contributed by atoms with Gasteiger partial charge in [-0.15, -0.1) is 0 Å². The molecule has 0 bridgehead atoms. The van der Waals surface area contributed by atoms with Crippen molar-refractivity contribution in [2.24, 2.45) is 5.73 Å². The standard InChI is InChI=1S/C13H16N4O/c1-3-9-5-4-6-15-11(9)10(14)12-13(18-2)17-8-7-16-12/h4-8,10H,3,14H2,1-2H3. The van der Waals surface area contributed by atoms with Crippen LogP contribution in [-0.4, -0.2) is 22.1 Å². The minimum Gasteiger partial charge on any atom is -0.480 e. The molecule has 1 unspecified atom stereocenters. The largest absolute Gasteiger partial charge is 0.480 e. The van der Waals surface area contributed by atoms with Gasteiger partial charge in [-0.05, 0) is 18.1 Å². The van der Waals surface area contributed by atoms with Crippen LogP contribution in [0.25, 0.3) is 0 Å². The highest BCUT2D eigenvalue weighted by Crippen LogP contribution is 2.25. The average Bonchev–Trinajstić information content (AvgIpc) is 2.46. The Labute approximate surface area is 106 Å². The molecule has 0 aliphatic rings. The first kappa shape index (κ1) is 12.4. The van der Waals surface area contributed by atoms with Gasteiger partial charge in [0.2, 0.25) is 5.88 Å². The third-order valence-electron chi connectivity index (χ3n) is 2.78. The summed E-state index contributed by atoms with van der Waals surface area (Å²) in [6.07, 6.45) is 5.79. The van der Waals surface area contributed by atoms with Crippen LogP contribution in [-0.2, 0) is 6.42 Å². The van der Waals surface area contributed by atoms with E-state index in [0.717, 1.165) is 17.7 Å². The number of nitrogens with two attached hydrogens (primary N) is 1. The van der Waals surface area contributed by atoms with Crippen molar-refractivity contribution in [3.8, 4) is 5.88 Å². The molecule has 1 atom stereocenters. The van der Waals surface area contributed by atoms with Gasteiger partial charge >= 0.3 is 0 Å². The topological polar surface area (TPSA) is 73.9 Å². The highest BCUT2D eigenvalue weighted by molar-refractivity contribution is 5.33. The van der Waals surface area contributed by atoms with Gasteiger partial charge in [-0.3, -0.25) is 9.97 Å². The SMILES string of the molecule is CCc1cccnc1C(N)c1nccnc1OC. The number of hydrogen-bond acceptors (Lipinski definition) is 5. The van der Waals surface area contributed by atoms with Gasteiger partial charge in [0.1, 0.15) is 5.69 Å². The molecule has 0 radical (unpaired) electrons. The highest BCUT2D eigenvalue weighted by atomic mass is 16.5. The molecule has 2 aromatic rings. The first-order valence-corrected chi connectivity index (χ1v) is 5.82. The summed E-state index contributed by atoms with van der Waals surface area (Å²) >= 11 is 0. The quantitative estimate of drug-likeness (QED) is 0.882. The van der Waals surface area contributed by atoms with Gasteiger partial charge in [0.15, 0.2) is 0 Å². The third kappa shape index (κ3) is 2.31. The molecule has 5 heteroatoms. The van der Waals surface area contributed by atoms with Gasteiger partial charge in [-0.2, -0.15) is 0 Å². The third-order valence-corrected chi connectivity index (χ3v) is 2.78. The second kappa shape index (κ2) is 5.55. The molecule has 0 aliphatic carbocycles. The molecule has 94 valence electrons. The number of methoxy groups -OCH3 is 1. The van der Waals surface area contributed by atoms with E-state index in [-0.39, 0.29) is 0 Å². The molecule has 0 amide bonds. The molecule has 0 fully saturated rings. The molecule has 2 aromatic heterocycles. The summed E-state index contributed by atoms with van der Waals surface area (Å²) < 4.78 is 5.18. The number of ether oxygens (including phenoxy) is 1. The number of aromatic nitrogens is 3.